The highest BCUT2D eigenvalue weighted by Gasteiger charge is 2.21. The number of fused-ring (bicyclic) bond motifs is 3. The number of aryl methyl sites for hydroxylation is 3. The fourth-order valence-corrected chi connectivity index (χ4v) is 3.31. The van der Waals surface area contributed by atoms with E-state index >= 15 is 0 Å². The number of benzene rings is 1. The van der Waals surface area contributed by atoms with E-state index in [0.29, 0.717) is 16.9 Å². The molecule has 7 nitrogen and oxygen atoms in total. The van der Waals surface area contributed by atoms with Crippen molar-refractivity contribution in [2.75, 3.05) is 0 Å². The molecule has 3 heterocycles. The van der Waals surface area contributed by atoms with Crippen LogP contribution in [0.2, 0.25) is 0 Å². The van der Waals surface area contributed by atoms with Crippen molar-refractivity contribution >= 4 is 16.9 Å². The molecule has 0 amide bonds. The van der Waals surface area contributed by atoms with Crippen LogP contribution < -0.4 is 11.2 Å². The lowest BCUT2D eigenvalue weighted by Gasteiger charge is -2.08. The first-order valence-corrected chi connectivity index (χ1v) is 8.09. The Morgan fingerprint density at radius 1 is 0.960 bits per heavy atom. The summed E-state index contributed by atoms with van der Waals surface area (Å²) in [7, 11) is 3.56. The van der Waals surface area contributed by atoms with Gasteiger partial charge in [-0.25, -0.2) is 4.79 Å². The van der Waals surface area contributed by atoms with Gasteiger partial charge in [0.15, 0.2) is 11.2 Å². The second kappa shape index (κ2) is 5.20. The fraction of sp³-hybridized carbons (Fsp3) is 0.278. The second-order valence-electron chi connectivity index (χ2n) is 6.37. The molecule has 0 radical (unpaired) electrons. The van der Waals surface area contributed by atoms with E-state index in [9.17, 15) is 9.59 Å². The van der Waals surface area contributed by atoms with Crippen LogP contribution in [0, 0.1) is 13.8 Å². The average molecular weight is 337 g/mol. The zero-order chi connectivity index (χ0) is 17.9. The Bertz CT molecular complexity index is 1240. The van der Waals surface area contributed by atoms with Gasteiger partial charge in [0.25, 0.3) is 5.56 Å². The van der Waals surface area contributed by atoms with Crippen LogP contribution in [0.25, 0.3) is 16.9 Å². The summed E-state index contributed by atoms with van der Waals surface area (Å²) in [6, 6.07) is 9.50. The van der Waals surface area contributed by atoms with E-state index in [-0.39, 0.29) is 17.8 Å². The van der Waals surface area contributed by atoms with Crippen molar-refractivity contribution < 1.29 is 0 Å². The van der Waals surface area contributed by atoms with Crippen molar-refractivity contribution in [2.24, 2.45) is 14.1 Å². The Morgan fingerprint density at radius 3 is 2.32 bits per heavy atom. The highest BCUT2D eigenvalue weighted by Crippen LogP contribution is 2.19. The summed E-state index contributed by atoms with van der Waals surface area (Å²) in [5.74, 6) is 0.662. The van der Waals surface area contributed by atoms with E-state index in [4.69, 9.17) is 0 Å². The molecule has 0 unspecified atom stereocenters. The van der Waals surface area contributed by atoms with Crippen molar-refractivity contribution in [1.82, 2.24) is 23.1 Å². The minimum absolute atomic E-state index is 0.236. The van der Waals surface area contributed by atoms with Gasteiger partial charge >= 0.3 is 5.69 Å². The maximum absolute atomic E-state index is 13.1. The van der Waals surface area contributed by atoms with Crippen molar-refractivity contribution in [3.8, 4) is 0 Å². The number of nitrogens with zero attached hydrogens (tertiary/aromatic N) is 5. The maximum atomic E-state index is 13.1. The summed E-state index contributed by atoms with van der Waals surface area (Å²) in [4.78, 5) is 30.4. The Labute approximate surface area is 143 Å². The van der Waals surface area contributed by atoms with E-state index in [2.05, 4.69) is 4.98 Å². The van der Waals surface area contributed by atoms with E-state index in [1.807, 2.05) is 60.2 Å². The van der Waals surface area contributed by atoms with Crippen LogP contribution in [0.4, 0.5) is 0 Å². The molecule has 0 N–H and O–H groups in total. The number of hydrogen-bond donors (Lipinski definition) is 0. The Kier molecular flexibility index (Phi) is 3.21. The quantitative estimate of drug-likeness (QED) is 0.555. The minimum atomic E-state index is -0.362. The molecule has 0 fully saturated rings. The summed E-state index contributed by atoms with van der Waals surface area (Å²) >= 11 is 0. The molecule has 0 saturated heterocycles. The number of rotatable bonds is 2. The molecule has 0 aliphatic rings. The van der Waals surface area contributed by atoms with Crippen LogP contribution in [0.1, 0.15) is 17.0 Å². The predicted octanol–water partition coefficient (Wildman–Crippen LogP) is 1.35. The fourth-order valence-electron chi connectivity index (χ4n) is 3.31. The van der Waals surface area contributed by atoms with E-state index in [1.54, 1.807) is 7.05 Å². The molecular weight excluding hydrogens is 318 g/mol. The zero-order valence-corrected chi connectivity index (χ0v) is 14.6. The molecule has 0 spiro atoms. The third-order valence-electron chi connectivity index (χ3n) is 4.97. The zero-order valence-electron chi connectivity index (χ0n) is 14.6. The Balaban J connectivity index is 2.12. The third kappa shape index (κ3) is 2.02. The van der Waals surface area contributed by atoms with Gasteiger partial charge in [0.2, 0.25) is 5.78 Å². The smallest absolute Gasteiger partial charge is 0.317 e. The lowest BCUT2D eigenvalue weighted by molar-refractivity contribution is 0.656. The topological polar surface area (TPSA) is 66.2 Å². The molecule has 25 heavy (non-hydrogen) atoms. The van der Waals surface area contributed by atoms with Crippen LogP contribution in [-0.2, 0) is 20.6 Å². The third-order valence-corrected chi connectivity index (χ3v) is 4.97. The first-order valence-electron chi connectivity index (χ1n) is 8.09. The molecule has 4 rings (SSSR count). The SMILES string of the molecule is Cc1c(C)n2c3c(=O)n(Cc4ccccc4)c(=O)n(C)c3nc2n1C. The normalized spacial score (nSPS) is 11.7. The standard InChI is InChI=1S/C18H19N5O2/c1-11-12(2)23-14-15(19-17(23)20(11)3)21(4)18(25)22(16(14)24)10-13-8-6-5-7-9-13/h5-9H,10H2,1-4H3. The highest BCUT2D eigenvalue weighted by atomic mass is 16.2. The molecular formula is C18H19N5O2. The van der Waals surface area contributed by atoms with Crippen LogP contribution in [0.5, 0.6) is 0 Å². The molecule has 0 aliphatic heterocycles. The second-order valence-corrected chi connectivity index (χ2v) is 6.37. The van der Waals surface area contributed by atoms with Gasteiger partial charge in [0.05, 0.1) is 6.54 Å². The first-order chi connectivity index (χ1) is 11.9. The summed E-state index contributed by atoms with van der Waals surface area (Å²) in [6.45, 7) is 4.18. The molecule has 7 heteroatoms. The number of hydrogen-bond acceptors (Lipinski definition) is 3. The van der Waals surface area contributed by atoms with Gasteiger partial charge < -0.3 is 4.57 Å². The van der Waals surface area contributed by atoms with Gasteiger partial charge in [-0.05, 0) is 19.4 Å². The van der Waals surface area contributed by atoms with Gasteiger partial charge in [-0.2, -0.15) is 4.98 Å². The molecule has 0 saturated carbocycles. The maximum Gasteiger partial charge on any atom is 0.332 e. The summed E-state index contributed by atoms with van der Waals surface area (Å²) in [6.07, 6.45) is 0. The molecule has 128 valence electrons. The van der Waals surface area contributed by atoms with Gasteiger partial charge in [-0.3, -0.25) is 18.3 Å². The van der Waals surface area contributed by atoms with Crippen LogP contribution in [0.15, 0.2) is 39.9 Å². The molecule has 1 aromatic carbocycles. The van der Waals surface area contributed by atoms with E-state index < -0.39 is 0 Å². The lowest BCUT2D eigenvalue weighted by atomic mass is 10.2. The van der Waals surface area contributed by atoms with Gasteiger partial charge in [-0.15, -0.1) is 0 Å². The van der Waals surface area contributed by atoms with Crippen LogP contribution >= 0.6 is 0 Å². The van der Waals surface area contributed by atoms with Crippen LogP contribution in [0.3, 0.4) is 0 Å². The molecule has 4 aromatic rings. The number of aromatic nitrogens is 5. The van der Waals surface area contributed by atoms with E-state index in [0.717, 1.165) is 17.0 Å². The van der Waals surface area contributed by atoms with E-state index in [1.165, 1.54) is 9.13 Å². The van der Waals surface area contributed by atoms with Crippen molar-refractivity contribution in [2.45, 2.75) is 20.4 Å². The lowest BCUT2D eigenvalue weighted by Crippen LogP contribution is -2.39. The molecule has 3 aromatic heterocycles. The predicted molar refractivity (Wildman–Crippen MR) is 96.2 cm³/mol. The van der Waals surface area contributed by atoms with Crippen molar-refractivity contribution in [3.05, 3.63) is 68.1 Å². The van der Waals surface area contributed by atoms with Gasteiger partial charge in [0, 0.05) is 25.5 Å². The van der Waals surface area contributed by atoms with Crippen molar-refractivity contribution in [1.29, 1.82) is 0 Å². The Morgan fingerprint density at radius 2 is 1.64 bits per heavy atom. The van der Waals surface area contributed by atoms with Gasteiger partial charge in [-0.1, -0.05) is 30.3 Å². The summed E-state index contributed by atoms with van der Waals surface area (Å²) < 4.78 is 6.49. The molecule has 0 bridgehead atoms. The molecule has 0 aliphatic carbocycles. The monoisotopic (exact) mass is 337 g/mol. The first kappa shape index (κ1) is 15.4. The highest BCUT2D eigenvalue weighted by molar-refractivity contribution is 5.76. The average Bonchev–Trinajstić information content (AvgIpc) is 3.11. The van der Waals surface area contributed by atoms with Crippen LogP contribution in [-0.4, -0.2) is 23.1 Å². The summed E-state index contributed by atoms with van der Waals surface area (Å²) in [5.41, 5.74) is 3.06. The van der Waals surface area contributed by atoms with Gasteiger partial charge in [0.1, 0.15) is 0 Å². The molecule has 0 atom stereocenters. The van der Waals surface area contributed by atoms with Crippen molar-refractivity contribution in [3.63, 3.8) is 0 Å². The number of imidazole rings is 2. The largest absolute Gasteiger partial charge is 0.332 e. The minimum Gasteiger partial charge on any atom is -0.317 e. The Hall–Kier alpha value is -3.09. The summed E-state index contributed by atoms with van der Waals surface area (Å²) in [5, 5.41) is 0.